The summed E-state index contributed by atoms with van der Waals surface area (Å²) in [4.78, 5) is 5.36. The maximum atomic E-state index is 11.4. The van der Waals surface area contributed by atoms with Crippen LogP contribution in [0.25, 0.3) is 0 Å². The first kappa shape index (κ1) is 19.7. The van der Waals surface area contributed by atoms with E-state index in [4.69, 9.17) is 9.88 Å². The van der Waals surface area contributed by atoms with Crippen molar-refractivity contribution in [3.63, 3.8) is 0 Å². The van der Waals surface area contributed by atoms with Gasteiger partial charge in [0.2, 0.25) is 10.0 Å². The molecular weight excluding hydrogens is 384 g/mol. The van der Waals surface area contributed by atoms with Gasteiger partial charge in [-0.1, -0.05) is 12.1 Å². The SMILES string of the molecule is CCNC(=NCc1ccc(S(N)(=O)=O)s1)NCCc1ccc2c(c1)CCO2. The van der Waals surface area contributed by atoms with Gasteiger partial charge < -0.3 is 15.4 Å². The second kappa shape index (κ2) is 8.73. The quantitative estimate of drug-likeness (QED) is 0.477. The van der Waals surface area contributed by atoms with E-state index in [1.54, 1.807) is 6.07 Å². The van der Waals surface area contributed by atoms with Crippen LogP contribution in [0.4, 0.5) is 0 Å². The minimum Gasteiger partial charge on any atom is -0.493 e. The van der Waals surface area contributed by atoms with Crippen LogP contribution in [0.3, 0.4) is 0 Å². The van der Waals surface area contributed by atoms with Gasteiger partial charge in [0, 0.05) is 24.4 Å². The molecule has 0 saturated heterocycles. The first-order chi connectivity index (χ1) is 13.0. The smallest absolute Gasteiger partial charge is 0.247 e. The molecule has 0 radical (unpaired) electrons. The number of thiophene rings is 1. The molecule has 3 rings (SSSR count). The van der Waals surface area contributed by atoms with Gasteiger partial charge in [-0.15, -0.1) is 11.3 Å². The molecule has 0 atom stereocenters. The number of rotatable bonds is 7. The van der Waals surface area contributed by atoms with Crippen molar-refractivity contribution in [2.24, 2.45) is 10.1 Å². The molecule has 0 amide bonds. The number of ether oxygens (including phenoxy) is 1. The van der Waals surface area contributed by atoms with Gasteiger partial charge in [0.25, 0.3) is 0 Å². The lowest BCUT2D eigenvalue weighted by atomic mass is 10.1. The zero-order chi connectivity index (χ0) is 19.3. The molecule has 1 aromatic carbocycles. The van der Waals surface area contributed by atoms with Crippen LogP contribution < -0.4 is 20.5 Å². The molecule has 2 aromatic rings. The molecule has 1 aromatic heterocycles. The highest BCUT2D eigenvalue weighted by Gasteiger charge is 2.12. The van der Waals surface area contributed by atoms with Crippen LogP contribution in [0.1, 0.15) is 22.9 Å². The summed E-state index contributed by atoms with van der Waals surface area (Å²) < 4.78 is 28.4. The van der Waals surface area contributed by atoms with E-state index in [9.17, 15) is 8.42 Å². The molecule has 9 heteroatoms. The molecule has 27 heavy (non-hydrogen) atoms. The van der Waals surface area contributed by atoms with Gasteiger partial charge in [-0.3, -0.25) is 0 Å². The Morgan fingerprint density at radius 3 is 2.89 bits per heavy atom. The van der Waals surface area contributed by atoms with E-state index in [0.717, 1.165) is 54.5 Å². The minimum absolute atomic E-state index is 0.159. The summed E-state index contributed by atoms with van der Waals surface area (Å²) in [6.07, 6.45) is 1.86. The molecule has 0 aliphatic carbocycles. The van der Waals surface area contributed by atoms with E-state index in [1.807, 2.05) is 13.0 Å². The van der Waals surface area contributed by atoms with E-state index in [-0.39, 0.29) is 4.21 Å². The Balaban J connectivity index is 1.55. The number of guanidine groups is 1. The van der Waals surface area contributed by atoms with Crippen molar-refractivity contribution in [1.82, 2.24) is 10.6 Å². The number of primary sulfonamides is 1. The lowest BCUT2D eigenvalue weighted by Gasteiger charge is -2.11. The van der Waals surface area contributed by atoms with Crippen molar-refractivity contribution in [3.05, 3.63) is 46.3 Å². The molecular formula is C18H24N4O3S2. The standard InChI is InChI=1S/C18H24N4O3S2/c1-2-20-18(22-12-15-4-6-17(26-15)27(19,23)24)21-9-7-13-3-5-16-14(11-13)8-10-25-16/h3-6,11H,2,7-10,12H2,1H3,(H2,19,23,24)(H2,20,21,22). The molecule has 0 unspecified atom stereocenters. The van der Waals surface area contributed by atoms with Crippen molar-refractivity contribution in [2.45, 2.75) is 30.5 Å². The van der Waals surface area contributed by atoms with Gasteiger partial charge in [-0.25, -0.2) is 18.5 Å². The van der Waals surface area contributed by atoms with Gasteiger partial charge in [0.05, 0.1) is 13.2 Å². The number of nitrogens with zero attached hydrogens (tertiary/aromatic N) is 1. The summed E-state index contributed by atoms with van der Waals surface area (Å²) in [5, 5.41) is 11.7. The number of sulfonamides is 1. The molecule has 2 heterocycles. The van der Waals surface area contributed by atoms with Crippen LogP contribution in [0.15, 0.2) is 39.5 Å². The first-order valence-corrected chi connectivity index (χ1v) is 11.2. The monoisotopic (exact) mass is 408 g/mol. The van der Waals surface area contributed by atoms with Crippen molar-refractivity contribution in [2.75, 3.05) is 19.7 Å². The second-order valence-electron chi connectivity index (χ2n) is 6.18. The second-order valence-corrected chi connectivity index (χ2v) is 9.13. The maximum Gasteiger partial charge on any atom is 0.247 e. The average molecular weight is 409 g/mol. The van der Waals surface area contributed by atoms with Crippen LogP contribution in [0, 0.1) is 0 Å². The van der Waals surface area contributed by atoms with E-state index in [0.29, 0.717) is 12.5 Å². The van der Waals surface area contributed by atoms with Crippen molar-refractivity contribution in [1.29, 1.82) is 0 Å². The van der Waals surface area contributed by atoms with Gasteiger partial charge in [0.15, 0.2) is 5.96 Å². The highest BCUT2D eigenvalue weighted by atomic mass is 32.2. The number of aliphatic imine (C=N–C) groups is 1. The Bertz CT molecular complexity index is 922. The number of benzene rings is 1. The highest BCUT2D eigenvalue weighted by molar-refractivity contribution is 7.91. The van der Waals surface area contributed by atoms with Crippen molar-refractivity contribution in [3.8, 4) is 5.75 Å². The molecule has 1 aliphatic rings. The Labute approximate surface area is 163 Å². The normalized spacial score (nSPS) is 13.9. The molecule has 0 bridgehead atoms. The number of hydrogen-bond acceptors (Lipinski definition) is 5. The zero-order valence-corrected chi connectivity index (χ0v) is 16.8. The number of hydrogen-bond donors (Lipinski definition) is 3. The Morgan fingerprint density at radius 1 is 1.30 bits per heavy atom. The molecule has 0 fully saturated rings. The third-order valence-electron chi connectivity index (χ3n) is 4.11. The van der Waals surface area contributed by atoms with Crippen LogP contribution in [-0.4, -0.2) is 34.1 Å². The molecule has 7 nitrogen and oxygen atoms in total. The van der Waals surface area contributed by atoms with Crippen molar-refractivity contribution >= 4 is 27.3 Å². The van der Waals surface area contributed by atoms with Crippen LogP contribution in [0.5, 0.6) is 5.75 Å². The maximum absolute atomic E-state index is 11.4. The third-order valence-corrected chi connectivity index (χ3v) is 6.62. The Kier molecular flexibility index (Phi) is 6.35. The number of fused-ring (bicyclic) bond motifs is 1. The summed E-state index contributed by atoms with van der Waals surface area (Å²) in [6.45, 7) is 4.66. The van der Waals surface area contributed by atoms with E-state index >= 15 is 0 Å². The molecule has 4 N–H and O–H groups in total. The molecule has 146 valence electrons. The summed E-state index contributed by atoms with van der Waals surface area (Å²) in [5.74, 6) is 1.70. The summed E-state index contributed by atoms with van der Waals surface area (Å²) in [5.41, 5.74) is 2.54. The van der Waals surface area contributed by atoms with Gasteiger partial charge >= 0.3 is 0 Å². The highest BCUT2D eigenvalue weighted by Crippen LogP contribution is 2.26. The summed E-state index contributed by atoms with van der Waals surface area (Å²) in [6, 6.07) is 9.59. The number of nitrogens with two attached hydrogens (primary N) is 1. The van der Waals surface area contributed by atoms with Gasteiger partial charge in [-0.2, -0.15) is 0 Å². The predicted octanol–water partition coefficient (Wildman–Crippen LogP) is 1.63. The lowest BCUT2D eigenvalue weighted by Crippen LogP contribution is -2.38. The fourth-order valence-corrected chi connectivity index (χ4v) is 4.52. The molecule has 1 aliphatic heterocycles. The molecule has 0 spiro atoms. The lowest BCUT2D eigenvalue weighted by molar-refractivity contribution is 0.357. The van der Waals surface area contributed by atoms with Crippen LogP contribution in [0.2, 0.25) is 0 Å². The minimum atomic E-state index is -3.65. The Morgan fingerprint density at radius 2 is 2.15 bits per heavy atom. The van der Waals surface area contributed by atoms with Crippen LogP contribution in [-0.2, 0) is 29.4 Å². The largest absolute Gasteiger partial charge is 0.493 e. The zero-order valence-electron chi connectivity index (χ0n) is 15.2. The van der Waals surface area contributed by atoms with Gasteiger partial charge in [0.1, 0.15) is 9.96 Å². The Hall–Kier alpha value is -2.10. The summed E-state index contributed by atoms with van der Waals surface area (Å²) in [7, 11) is -3.65. The van der Waals surface area contributed by atoms with Gasteiger partial charge in [-0.05, 0) is 42.7 Å². The first-order valence-electron chi connectivity index (χ1n) is 8.84. The fourth-order valence-electron chi connectivity index (χ4n) is 2.82. The topological polar surface area (TPSA) is 106 Å². The van der Waals surface area contributed by atoms with Crippen LogP contribution >= 0.6 is 11.3 Å². The fraction of sp³-hybridized carbons (Fsp3) is 0.389. The summed E-state index contributed by atoms with van der Waals surface area (Å²) >= 11 is 1.14. The third kappa shape index (κ3) is 5.44. The van der Waals surface area contributed by atoms with E-state index < -0.39 is 10.0 Å². The number of nitrogens with one attached hydrogen (secondary N) is 2. The van der Waals surface area contributed by atoms with E-state index in [1.165, 1.54) is 17.2 Å². The molecule has 0 saturated carbocycles. The van der Waals surface area contributed by atoms with Crippen molar-refractivity contribution < 1.29 is 13.2 Å². The average Bonchev–Trinajstić information content (AvgIpc) is 3.28. The predicted molar refractivity (Wildman–Crippen MR) is 108 cm³/mol. The van der Waals surface area contributed by atoms with E-state index in [2.05, 4.69) is 27.8 Å².